The van der Waals surface area contributed by atoms with E-state index in [9.17, 15) is 8.42 Å². The van der Waals surface area contributed by atoms with Crippen LogP contribution in [0.15, 0.2) is 23.1 Å². The number of nitrogens with zero attached hydrogens (tertiary/aromatic N) is 1. The Labute approximate surface area is 128 Å². The summed E-state index contributed by atoms with van der Waals surface area (Å²) in [5.41, 5.74) is 1.18. The molecule has 2 atom stereocenters. The van der Waals surface area contributed by atoms with Gasteiger partial charge in [0.25, 0.3) is 0 Å². The van der Waals surface area contributed by atoms with Crippen molar-refractivity contribution in [2.24, 2.45) is 0 Å². The number of hydrogen-bond donors (Lipinski definition) is 1. The van der Waals surface area contributed by atoms with Gasteiger partial charge < -0.3 is 0 Å². The molecule has 1 N–H and O–H groups in total. The van der Waals surface area contributed by atoms with Gasteiger partial charge in [-0.1, -0.05) is 28.8 Å². The summed E-state index contributed by atoms with van der Waals surface area (Å²) < 4.78 is 27.5. The van der Waals surface area contributed by atoms with Crippen molar-refractivity contribution in [3.8, 4) is 6.07 Å². The normalized spacial score (nSPS) is 23.2. The Bertz CT molecular complexity index is 637. The van der Waals surface area contributed by atoms with Crippen molar-refractivity contribution in [1.82, 2.24) is 4.72 Å². The van der Waals surface area contributed by atoms with E-state index in [-0.39, 0.29) is 15.8 Å². The van der Waals surface area contributed by atoms with E-state index in [0.717, 1.165) is 25.7 Å². The SMILES string of the molecule is Cc1cc(S(=O)(=O)NC2CCCCC2Br)ccc1C#N. The molecule has 1 aromatic rings. The first-order chi connectivity index (χ1) is 9.44. The van der Waals surface area contributed by atoms with Crippen LogP contribution in [0.1, 0.15) is 36.8 Å². The summed E-state index contributed by atoms with van der Waals surface area (Å²) >= 11 is 3.55. The van der Waals surface area contributed by atoms with Gasteiger partial charge in [0.2, 0.25) is 10.0 Å². The molecule has 1 aliphatic rings. The Hall–Kier alpha value is -0.900. The van der Waals surface area contributed by atoms with E-state index in [1.54, 1.807) is 19.1 Å². The molecule has 0 aromatic heterocycles. The molecule has 6 heteroatoms. The van der Waals surface area contributed by atoms with Crippen molar-refractivity contribution >= 4 is 26.0 Å². The Morgan fingerprint density at radius 3 is 2.65 bits per heavy atom. The number of halogens is 1. The Morgan fingerprint density at radius 2 is 2.05 bits per heavy atom. The number of sulfonamides is 1. The van der Waals surface area contributed by atoms with E-state index < -0.39 is 10.0 Å². The molecule has 108 valence electrons. The summed E-state index contributed by atoms with van der Waals surface area (Å²) in [7, 11) is -3.53. The average Bonchev–Trinajstić information content (AvgIpc) is 2.41. The fourth-order valence-corrected chi connectivity index (χ4v) is 4.71. The van der Waals surface area contributed by atoms with Gasteiger partial charge in [0, 0.05) is 10.9 Å². The van der Waals surface area contributed by atoms with Crippen molar-refractivity contribution < 1.29 is 8.42 Å². The van der Waals surface area contributed by atoms with Crippen molar-refractivity contribution in [1.29, 1.82) is 5.26 Å². The van der Waals surface area contributed by atoms with Crippen molar-refractivity contribution in [3.63, 3.8) is 0 Å². The summed E-state index contributed by atoms with van der Waals surface area (Å²) in [6, 6.07) is 6.56. The van der Waals surface area contributed by atoms with E-state index in [2.05, 4.69) is 20.7 Å². The molecule has 1 saturated carbocycles. The van der Waals surface area contributed by atoms with Crippen LogP contribution >= 0.6 is 15.9 Å². The van der Waals surface area contributed by atoms with Crippen LogP contribution in [-0.2, 0) is 10.0 Å². The van der Waals surface area contributed by atoms with Crippen molar-refractivity contribution in [2.45, 2.75) is 48.4 Å². The lowest BCUT2D eigenvalue weighted by Gasteiger charge is -2.28. The maximum atomic E-state index is 12.4. The molecule has 0 bridgehead atoms. The molecule has 0 heterocycles. The monoisotopic (exact) mass is 356 g/mol. The van der Waals surface area contributed by atoms with Crippen LogP contribution in [0.25, 0.3) is 0 Å². The maximum Gasteiger partial charge on any atom is 0.240 e. The number of benzene rings is 1. The van der Waals surface area contributed by atoms with Crippen molar-refractivity contribution in [3.05, 3.63) is 29.3 Å². The van der Waals surface area contributed by atoms with Crippen LogP contribution in [0.5, 0.6) is 0 Å². The molecule has 1 aromatic carbocycles. The molecule has 20 heavy (non-hydrogen) atoms. The number of hydrogen-bond acceptors (Lipinski definition) is 3. The van der Waals surface area contributed by atoms with E-state index in [1.165, 1.54) is 6.07 Å². The van der Waals surface area contributed by atoms with E-state index in [1.807, 2.05) is 6.07 Å². The fraction of sp³-hybridized carbons (Fsp3) is 0.500. The minimum atomic E-state index is -3.53. The Morgan fingerprint density at radius 1 is 1.35 bits per heavy atom. The van der Waals surface area contributed by atoms with Crippen molar-refractivity contribution in [2.75, 3.05) is 0 Å². The summed E-state index contributed by atoms with van der Waals surface area (Å²) in [5.74, 6) is 0. The molecule has 2 unspecified atom stereocenters. The molecule has 0 aliphatic heterocycles. The molecule has 0 radical (unpaired) electrons. The maximum absolute atomic E-state index is 12.4. The quantitative estimate of drug-likeness (QED) is 0.846. The Balaban J connectivity index is 2.22. The van der Waals surface area contributed by atoms with Gasteiger partial charge in [-0.2, -0.15) is 5.26 Å². The summed E-state index contributed by atoms with van der Waals surface area (Å²) in [4.78, 5) is 0.407. The highest BCUT2D eigenvalue weighted by atomic mass is 79.9. The topological polar surface area (TPSA) is 70.0 Å². The third kappa shape index (κ3) is 3.40. The number of nitrogens with one attached hydrogen (secondary N) is 1. The molecule has 2 rings (SSSR count). The van der Waals surface area contributed by atoms with E-state index in [0.29, 0.717) is 11.1 Å². The third-order valence-corrected chi connectivity index (χ3v) is 6.20. The standard InChI is InChI=1S/C14H17BrN2O2S/c1-10-8-12(7-6-11(10)9-16)20(18,19)17-14-5-3-2-4-13(14)15/h6-8,13-14,17H,2-5H2,1H3. The largest absolute Gasteiger partial charge is 0.240 e. The molecule has 0 saturated heterocycles. The van der Waals surface area contributed by atoms with Gasteiger partial charge in [-0.15, -0.1) is 0 Å². The second-order valence-electron chi connectivity index (χ2n) is 5.12. The lowest BCUT2D eigenvalue weighted by Crippen LogP contribution is -2.42. The minimum absolute atomic E-state index is 0.0651. The fourth-order valence-electron chi connectivity index (χ4n) is 2.41. The van der Waals surface area contributed by atoms with Gasteiger partial charge in [0.1, 0.15) is 0 Å². The average molecular weight is 357 g/mol. The molecule has 4 nitrogen and oxygen atoms in total. The lowest BCUT2D eigenvalue weighted by molar-refractivity contribution is 0.427. The molecule has 0 spiro atoms. The number of aryl methyl sites for hydroxylation is 1. The summed E-state index contributed by atoms with van der Waals surface area (Å²) in [5, 5.41) is 8.89. The first kappa shape index (κ1) is 15.5. The van der Waals surface area contributed by atoms with Gasteiger partial charge in [-0.25, -0.2) is 13.1 Å². The van der Waals surface area contributed by atoms with Crippen LogP contribution in [0.4, 0.5) is 0 Å². The molecule has 0 amide bonds. The zero-order valence-corrected chi connectivity index (χ0v) is 13.7. The molecular weight excluding hydrogens is 340 g/mol. The zero-order chi connectivity index (χ0) is 14.8. The second kappa shape index (κ2) is 6.25. The van der Waals surface area contributed by atoms with E-state index in [4.69, 9.17) is 5.26 Å². The highest BCUT2D eigenvalue weighted by molar-refractivity contribution is 9.09. The molecule has 1 fully saturated rings. The Kier molecular flexibility index (Phi) is 4.84. The van der Waals surface area contributed by atoms with Gasteiger partial charge >= 0.3 is 0 Å². The van der Waals surface area contributed by atoms with Gasteiger partial charge in [-0.3, -0.25) is 0 Å². The molecular formula is C14H17BrN2O2S. The third-order valence-electron chi connectivity index (χ3n) is 3.62. The highest BCUT2D eigenvalue weighted by Crippen LogP contribution is 2.26. The van der Waals surface area contributed by atoms with E-state index >= 15 is 0 Å². The predicted octanol–water partition coefficient (Wildman–Crippen LogP) is 2.85. The lowest BCUT2D eigenvalue weighted by atomic mass is 9.96. The molecule has 1 aliphatic carbocycles. The summed E-state index contributed by atoms with van der Waals surface area (Å²) in [6.07, 6.45) is 4.01. The van der Waals surface area contributed by atoms with Crippen LogP contribution in [0.2, 0.25) is 0 Å². The predicted molar refractivity (Wildman–Crippen MR) is 81.2 cm³/mol. The zero-order valence-electron chi connectivity index (χ0n) is 11.3. The van der Waals surface area contributed by atoms with Gasteiger partial charge in [0.05, 0.1) is 16.5 Å². The first-order valence-corrected chi connectivity index (χ1v) is 9.01. The van der Waals surface area contributed by atoms with Crippen LogP contribution in [0, 0.1) is 18.3 Å². The van der Waals surface area contributed by atoms with Gasteiger partial charge in [0.15, 0.2) is 0 Å². The summed E-state index contributed by atoms with van der Waals surface area (Å²) in [6.45, 7) is 1.74. The highest BCUT2D eigenvalue weighted by Gasteiger charge is 2.27. The van der Waals surface area contributed by atoms with Crippen LogP contribution in [-0.4, -0.2) is 19.3 Å². The second-order valence-corrected chi connectivity index (χ2v) is 8.01. The van der Waals surface area contributed by atoms with Gasteiger partial charge in [-0.05, 0) is 43.5 Å². The minimum Gasteiger partial charge on any atom is -0.207 e. The van der Waals surface area contributed by atoms with Crippen LogP contribution in [0.3, 0.4) is 0 Å². The number of rotatable bonds is 3. The smallest absolute Gasteiger partial charge is 0.207 e. The first-order valence-electron chi connectivity index (χ1n) is 6.61. The number of alkyl halides is 1. The number of nitriles is 1. The van der Waals surface area contributed by atoms with Crippen LogP contribution < -0.4 is 4.72 Å².